The summed E-state index contributed by atoms with van der Waals surface area (Å²) in [7, 11) is 0. The summed E-state index contributed by atoms with van der Waals surface area (Å²) in [6.07, 6.45) is 5.07. The maximum absolute atomic E-state index is 13.9. The first-order valence-corrected chi connectivity index (χ1v) is 6.26. The fourth-order valence-corrected chi connectivity index (χ4v) is 1.96. The zero-order valence-corrected chi connectivity index (χ0v) is 10.9. The molecule has 106 valence electrons. The largest absolute Gasteiger partial charge is 0.306 e. The van der Waals surface area contributed by atoms with E-state index in [0.29, 0.717) is 24.2 Å². The van der Waals surface area contributed by atoms with Crippen molar-refractivity contribution in [3.63, 3.8) is 0 Å². The molecular formula is C14H14F3N3. The van der Waals surface area contributed by atoms with Crippen LogP contribution in [0.2, 0.25) is 0 Å². The number of nitrogens with zero attached hydrogens (tertiary/aromatic N) is 2. The van der Waals surface area contributed by atoms with Gasteiger partial charge in [-0.3, -0.25) is 0 Å². The van der Waals surface area contributed by atoms with E-state index in [1.165, 1.54) is 18.7 Å². The van der Waals surface area contributed by atoms with Gasteiger partial charge < -0.3 is 5.32 Å². The third kappa shape index (κ3) is 3.14. The molecule has 3 nitrogen and oxygen atoms in total. The number of nitrogens with one attached hydrogen (secondary N) is 1. The number of aromatic nitrogens is 2. The standard InChI is InChI=1S/C14H14F3N3/c1-2-3-20-14(9-6-18-8-19-7-9)13-11(16)4-10(15)5-12(13)17/h4-8,14,20H,2-3H2,1H3. The van der Waals surface area contributed by atoms with E-state index in [1.54, 1.807) is 0 Å². The summed E-state index contributed by atoms with van der Waals surface area (Å²) in [5.74, 6) is -2.80. The maximum Gasteiger partial charge on any atom is 0.134 e. The van der Waals surface area contributed by atoms with Gasteiger partial charge in [0.05, 0.1) is 6.04 Å². The van der Waals surface area contributed by atoms with Crippen molar-refractivity contribution in [2.45, 2.75) is 19.4 Å². The van der Waals surface area contributed by atoms with E-state index in [0.717, 1.165) is 6.42 Å². The van der Waals surface area contributed by atoms with Crippen LogP contribution in [0.4, 0.5) is 13.2 Å². The molecule has 1 aromatic carbocycles. The van der Waals surface area contributed by atoms with Crippen molar-refractivity contribution in [3.8, 4) is 0 Å². The average Bonchev–Trinajstić information content (AvgIpc) is 2.42. The molecule has 6 heteroatoms. The van der Waals surface area contributed by atoms with E-state index in [4.69, 9.17) is 0 Å². The first-order valence-electron chi connectivity index (χ1n) is 6.26. The number of benzene rings is 1. The Morgan fingerprint density at radius 1 is 1.10 bits per heavy atom. The van der Waals surface area contributed by atoms with Crippen LogP contribution in [0.25, 0.3) is 0 Å². The highest BCUT2D eigenvalue weighted by Gasteiger charge is 2.23. The van der Waals surface area contributed by atoms with Crippen molar-refractivity contribution in [1.82, 2.24) is 15.3 Å². The zero-order chi connectivity index (χ0) is 14.5. The van der Waals surface area contributed by atoms with E-state index in [2.05, 4.69) is 15.3 Å². The van der Waals surface area contributed by atoms with Crippen LogP contribution in [0.3, 0.4) is 0 Å². The summed E-state index contributed by atoms with van der Waals surface area (Å²) in [6, 6.07) is 0.586. The van der Waals surface area contributed by atoms with Gasteiger partial charge >= 0.3 is 0 Å². The highest BCUT2D eigenvalue weighted by molar-refractivity contribution is 5.31. The molecule has 0 aliphatic heterocycles. The molecule has 0 saturated heterocycles. The van der Waals surface area contributed by atoms with Crippen LogP contribution in [0, 0.1) is 17.5 Å². The van der Waals surface area contributed by atoms with E-state index in [1.807, 2.05) is 6.92 Å². The van der Waals surface area contributed by atoms with Gasteiger partial charge in [0.25, 0.3) is 0 Å². The SMILES string of the molecule is CCCNC(c1cncnc1)c1c(F)cc(F)cc1F. The number of rotatable bonds is 5. The molecule has 0 aliphatic rings. The minimum atomic E-state index is -0.942. The molecule has 0 amide bonds. The summed E-state index contributed by atoms with van der Waals surface area (Å²) in [5, 5.41) is 3.02. The van der Waals surface area contributed by atoms with Crippen molar-refractivity contribution in [3.05, 3.63) is 59.4 Å². The second-order valence-corrected chi connectivity index (χ2v) is 4.34. The van der Waals surface area contributed by atoms with Gasteiger partial charge in [0.15, 0.2) is 0 Å². The quantitative estimate of drug-likeness (QED) is 0.915. The Balaban J connectivity index is 2.47. The van der Waals surface area contributed by atoms with Gasteiger partial charge in [-0.2, -0.15) is 0 Å². The highest BCUT2D eigenvalue weighted by Crippen LogP contribution is 2.27. The van der Waals surface area contributed by atoms with E-state index >= 15 is 0 Å². The molecule has 1 heterocycles. The molecular weight excluding hydrogens is 267 g/mol. The van der Waals surface area contributed by atoms with Crippen LogP contribution < -0.4 is 5.32 Å². The van der Waals surface area contributed by atoms with E-state index in [-0.39, 0.29) is 5.56 Å². The second-order valence-electron chi connectivity index (χ2n) is 4.34. The Bertz CT molecular complexity index is 552. The maximum atomic E-state index is 13.9. The average molecular weight is 281 g/mol. The van der Waals surface area contributed by atoms with Gasteiger partial charge in [0.2, 0.25) is 0 Å². The minimum absolute atomic E-state index is 0.227. The molecule has 1 unspecified atom stereocenters. The third-order valence-electron chi connectivity index (χ3n) is 2.84. The van der Waals surface area contributed by atoms with Crippen LogP contribution in [-0.2, 0) is 0 Å². The van der Waals surface area contributed by atoms with Crippen LogP contribution in [0.15, 0.2) is 30.9 Å². The van der Waals surface area contributed by atoms with E-state index in [9.17, 15) is 13.2 Å². The Hall–Kier alpha value is -1.95. The van der Waals surface area contributed by atoms with Crippen molar-refractivity contribution in [2.24, 2.45) is 0 Å². The molecule has 1 N–H and O–H groups in total. The predicted octanol–water partition coefficient (Wildman–Crippen LogP) is 2.98. The molecule has 0 fully saturated rings. The summed E-state index contributed by atoms with van der Waals surface area (Å²) in [6.45, 7) is 2.48. The molecule has 0 saturated carbocycles. The topological polar surface area (TPSA) is 37.8 Å². The molecule has 2 aromatic rings. The molecule has 1 aromatic heterocycles. The Morgan fingerprint density at radius 2 is 1.70 bits per heavy atom. The van der Waals surface area contributed by atoms with Crippen LogP contribution in [-0.4, -0.2) is 16.5 Å². The van der Waals surface area contributed by atoms with Gasteiger partial charge in [-0.25, -0.2) is 23.1 Å². The molecule has 0 radical (unpaired) electrons. The van der Waals surface area contributed by atoms with Gasteiger partial charge in [0.1, 0.15) is 23.8 Å². The Kier molecular flexibility index (Phi) is 4.68. The first-order chi connectivity index (χ1) is 9.63. The fourth-order valence-electron chi connectivity index (χ4n) is 1.96. The van der Waals surface area contributed by atoms with Gasteiger partial charge in [-0.1, -0.05) is 6.92 Å². The summed E-state index contributed by atoms with van der Waals surface area (Å²) >= 11 is 0. The Morgan fingerprint density at radius 3 is 2.25 bits per heavy atom. The first kappa shape index (κ1) is 14.5. The minimum Gasteiger partial charge on any atom is -0.306 e. The van der Waals surface area contributed by atoms with Crippen molar-refractivity contribution >= 4 is 0 Å². The number of hydrogen-bond acceptors (Lipinski definition) is 3. The van der Waals surface area contributed by atoms with Gasteiger partial charge in [-0.15, -0.1) is 0 Å². The molecule has 0 aliphatic carbocycles. The normalized spacial score (nSPS) is 12.4. The van der Waals surface area contributed by atoms with Crippen molar-refractivity contribution in [2.75, 3.05) is 6.54 Å². The molecule has 20 heavy (non-hydrogen) atoms. The number of halogens is 3. The summed E-state index contributed by atoms with van der Waals surface area (Å²) < 4.78 is 40.8. The van der Waals surface area contributed by atoms with E-state index < -0.39 is 23.5 Å². The van der Waals surface area contributed by atoms with Crippen molar-refractivity contribution < 1.29 is 13.2 Å². The summed E-state index contributed by atoms with van der Waals surface area (Å²) in [4.78, 5) is 7.69. The molecule has 2 rings (SSSR count). The lowest BCUT2D eigenvalue weighted by molar-refractivity contribution is 0.486. The fraction of sp³-hybridized carbons (Fsp3) is 0.286. The van der Waals surface area contributed by atoms with Crippen LogP contribution in [0.1, 0.15) is 30.5 Å². The molecule has 0 spiro atoms. The molecule has 1 atom stereocenters. The van der Waals surface area contributed by atoms with Gasteiger partial charge in [-0.05, 0) is 13.0 Å². The lowest BCUT2D eigenvalue weighted by atomic mass is 9.99. The highest BCUT2D eigenvalue weighted by atomic mass is 19.1. The third-order valence-corrected chi connectivity index (χ3v) is 2.84. The molecule has 0 bridgehead atoms. The second kappa shape index (κ2) is 6.47. The lowest BCUT2D eigenvalue weighted by Gasteiger charge is -2.20. The predicted molar refractivity (Wildman–Crippen MR) is 68.5 cm³/mol. The summed E-state index contributed by atoms with van der Waals surface area (Å²) in [5.41, 5.74) is 0.292. The van der Waals surface area contributed by atoms with Gasteiger partial charge in [0, 0.05) is 35.7 Å². The van der Waals surface area contributed by atoms with Crippen LogP contribution in [0.5, 0.6) is 0 Å². The lowest BCUT2D eigenvalue weighted by Crippen LogP contribution is -2.25. The van der Waals surface area contributed by atoms with Crippen molar-refractivity contribution in [1.29, 1.82) is 0 Å². The Labute approximate surface area is 114 Å². The smallest absolute Gasteiger partial charge is 0.134 e. The monoisotopic (exact) mass is 281 g/mol. The zero-order valence-electron chi connectivity index (χ0n) is 10.9. The number of hydrogen-bond donors (Lipinski definition) is 1. The van der Waals surface area contributed by atoms with Crippen LogP contribution >= 0.6 is 0 Å².